The van der Waals surface area contributed by atoms with E-state index < -0.39 is 23.7 Å². The van der Waals surface area contributed by atoms with Gasteiger partial charge >= 0.3 is 11.9 Å². The number of rotatable bonds is 7. The summed E-state index contributed by atoms with van der Waals surface area (Å²) in [5.41, 5.74) is 2.37. The third-order valence-corrected chi connectivity index (χ3v) is 7.28. The molecule has 1 atom stereocenters. The van der Waals surface area contributed by atoms with Gasteiger partial charge in [0.2, 0.25) is 0 Å². The quantitative estimate of drug-likeness (QED) is 0.193. The lowest BCUT2D eigenvalue weighted by Gasteiger charge is -2.23. The molecule has 1 N–H and O–H groups in total. The molecule has 0 saturated carbocycles. The Labute approximate surface area is 219 Å². The lowest BCUT2D eigenvalue weighted by atomic mass is 9.93. The van der Waals surface area contributed by atoms with Crippen molar-refractivity contribution in [3.63, 3.8) is 0 Å². The van der Waals surface area contributed by atoms with Gasteiger partial charge in [0, 0.05) is 5.56 Å². The van der Waals surface area contributed by atoms with E-state index in [-0.39, 0.29) is 27.3 Å². The molecule has 2 aromatic carbocycles. The summed E-state index contributed by atoms with van der Waals surface area (Å²) in [5.74, 6) is -1.77. The SMILES string of the molecule is CCOc1cccc(C(O)=C2C(=O)C(=O)N(c3nc(C)c(C(=O)OC)s3)C2c2ccc(C(C)C)cc2)c1. The van der Waals surface area contributed by atoms with E-state index in [1.807, 2.05) is 31.2 Å². The molecule has 0 spiro atoms. The van der Waals surface area contributed by atoms with Gasteiger partial charge in [0.05, 0.1) is 31.0 Å². The Hall–Kier alpha value is -3.98. The first-order valence-corrected chi connectivity index (χ1v) is 12.7. The largest absolute Gasteiger partial charge is 0.507 e. The molecular formula is C28H28N2O6S. The van der Waals surface area contributed by atoms with Crippen LogP contribution in [0, 0.1) is 6.92 Å². The predicted molar refractivity (Wildman–Crippen MR) is 141 cm³/mol. The molecule has 1 aromatic heterocycles. The van der Waals surface area contributed by atoms with Crippen LogP contribution in [0.5, 0.6) is 5.75 Å². The number of esters is 1. The van der Waals surface area contributed by atoms with Crippen LogP contribution < -0.4 is 9.64 Å². The van der Waals surface area contributed by atoms with Gasteiger partial charge in [0.25, 0.3) is 5.78 Å². The van der Waals surface area contributed by atoms with Crippen molar-refractivity contribution in [2.75, 3.05) is 18.6 Å². The number of Topliss-reactive ketones (excluding diaryl/α,β-unsaturated/α-hetero) is 1. The summed E-state index contributed by atoms with van der Waals surface area (Å²) in [7, 11) is 1.26. The van der Waals surface area contributed by atoms with Crippen LogP contribution in [0.4, 0.5) is 5.13 Å². The second-order valence-electron chi connectivity index (χ2n) is 8.85. The Bertz CT molecular complexity index is 1390. The molecular weight excluding hydrogens is 492 g/mol. The molecule has 1 fully saturated rings. The molecule has 3 aromatic rings. The Morgan fingerprint density at radius 3 is 2.49 bits per heavy atom. The summed E-state index contributed by atoms with van der Waals surface area (Å²) < 4.78 is 10.4. The molecule has 2 heterocycles. The fourth-order valence-corrected chi connectivity index (χ4v) is 5.24. The number of nitrogens with zero attached hydrogens (tertiary/aromatic N) is 2. The van der Waals surface area contributed by atoms with E-state index in [0.717, 1.165) is 16.9 Å². The molecule has 1 aliphatic rings. The number of anilines is 1. The van der Waals surface area contributed by atoms with E-state index in [1.165, 1.54) is 12.0 Å². The smallest absolute Gasteiger partial charge is 0.350 e. The van der Waals surface area contributed by atoms with E-state index in [1.54, 1.807) is 31.2 Å². The van der Waals surface area contributed by atoms with Crippen molar-refractivity contribution in [2.24, 2.45) is 0 Å². The molecule has 0 bridgehead atoms. The molecule has 1 aliphatic heterocycles. The second kappa shape index (κ2) is 10.6. The number of aliphatic hydroxyl groups is 1. The van der Waals surface area contributed by atoms with Crippen LogP contribution in [0.15, 0.2) is 54.1 Å². The molecule has 9 heteroatoms. The number of aryl methyl sites for hydroxylation is 1. The number of benzene rings is 2. The summed E-state index contributed by atoms with van der Waals surface area (Å²) in [6, 6.07) is 13.3. The zero-order chi connectivity index (χ0) is 26.9. The highest BCUT2D eigenvalue weighted by Gasteiger charge is 2.48. The van der Waals surface area contributed by atoms with Gasteiger partial charge in [0.15, 0.2) is 5.13 Å². The van der Waals surface area contributed by atoms with Crippen LogP contribution in [-0.4, -0.2) is 41.5 Å². The van der Waals surface area contributed by atoms with E-state index in [9.17, 15) is 19.5 Å². The van der Waals surface area contributed by atoms with Crippen molar-refractivity contribution < 1.29 is 29.0 Å². The Morgan fingerprint density at radius 2 is 1.86 bits per heavy atom. The van der Waals surface area contributed by atoms with Gasteiger partial charge in [-0.05, 0) is 43.0 Å². The van der Waals surface area contributed by atoms with Crippen molar-refractivity contribution in [2.45, 2.75) is 39.7 Å². The van der Waals surface area contributed by atoms with E-state index >= 15 is 0 Å². The molecule has 0 aliphatic carbocycles. The van der Waals surface area contributed by atoms with Crippen molar-refractivity contribution >= 4 is 39.9 Å². The topological polar surface area (TPSA) is 106 Å². The fraction of sp³-hybridized carbons (Fsp3) is 0.286. The third-order valence-electron chi connectivity index (χ3n) is 6.14. The van der Waals surface area contributed by atoms with E-state index in [4.69, 9.17) is 9.47 Å². The molecule has 4 rings (SSSR count). The summed E-state index contributed by atoms with van der Waals surface area (Å²) in [6.07, 6.45) is 0. The van der Waals surface area contributed by atoms with Gasteiger partial charge in [-0.2, -0.15) is 0 Å². The predicted octanol–water partition coefficient (Wildman–Crippen LogP) is 5.39. The van der Waals surface area contributed by atoms with Crippen molar-refractivity contribution in [1.82, 2.24) is 4.98 Å². The molecule has 1 unspecified atom stereocenters. The average Bonchev–Trinajstić information content (AvgIpc) is 3.40. The Morgan fingerprint density at radius 1 is 1.16 bits per heavy atom. The average molecular weight is 521 g/mol. The van der Waals surface area contributed by atoms with Gasteiger partial charge < -0.3 is 14.6 Å². The summed E-state index contributed by atoms with van der Waals surface area (Å²) in [6.45, 7) is 8.05. The Kier molecular flexibility index (Phi) is 7.45. The van der Waals surface area contributed by atoms with Crippen molar-refractivity contribution in [3.8, 4) is 5.75 Å². The minimum Gasteiger partial charge on any atom is -0.507 e. The third kappa shape index (κ3) is 4.86. The molecule has 192 valence electrons. The standard InChI is InChI=1S/C28H28N2O6S/c1-6-36-20-9-7-8-19(14-20)23(31)21-22(18-12-10-17(11-13-18)15(2)3)30(26(33)24(21)32)28-29-16(4)25(37-28)27(34)35-5/h7-15,22,31H,6H2,1-5H3. The zero-order valence-corrected chi connectivity index (χ0v) is 22.1. The molecule has 1 saturated heterocycles. The summed E-state index contributed by atoms with van der Waals surface area (Å²) in [4.78, 5) is 44.9. The van der Waals surface area contributed by atoms with Gasteiger partial charge in [0.1, 0.15) is 16.4 Å². The van der Waals surface area contributed by atoms with Crippen LogP contribution in [0.1, 0.15) is 64.8 Å². The molecule has 37 heavy (non-hydrogen) atoms. The summed E-state index contributed by atoms with van der Waals surface area (Å²) >= 11 is 0.963. The number of amides is 1. The number of carbonyl (C=O) groups is 3. The monoisotopic (exact) mass is 520 g/mol. The normalized spacial score (nSPS) is 16.9. The highest BCUT2D eigenvalue weighted by molar-refractivity contribution is 7.17. The van der Waals surface area contributed by atoms with Gasteiger partial charge in [-0.1, -0.05) is 61.6 Å². The number of aromatic nitrogens is 1. The first-order chi connectivity index (χ1) is 17.7. The first-order valence-electron chi connectivity index (χ1n) is 11.9. The van der Waals surface area contributed by atoms with Crippen molar-refractivity contribution in [1.29, 1.82) is 0 Å². The number of ether oxygens (including phenoxy) is 2. The number of methoxy groups -OCH3 is 1. The van der Waals surface area contributed by atoms with Crippen LogP contribution in [-0.2, 0) is 14.3 Å². The maximum Gasteiger partial charge on any atom is 0.350 e. The lowest BCUT2D eigenvalue weighted by molar-refractivity contribution is -0.132. The van der Waals surface area contributed by atoms with E-state index in [0.29, 0.717) is 29.2 Å². The highest BCUT2D eigenvalue weighted by atomic mass is 32.1. The first kappa shape index (κ1) is 26.1. The summed E-state index contributed by atoms with van der Waals surface area (Å²) in [5, 5.41) is 11.5. The Balaban J connectivity index is 1.92. The molecule has 0 radical (unpaired) electrons. The zero-order valence-electron chi connectivity index (χ0n) is 21.3. The maximum atomic E-state index is 13.4. The molecule has 8 nitrogen and oxygen atoms in total. The van der Waals surface area contributed by atoms with Crippen LogP contribution in [0.2, 0.25) is 0 Å². The van der Waals surface area contributed by atoms with Crippen LogP contribution in [0.25, 0.3) is 5.76 Å². The number of hydrogen-bond donors (Lipinski definition) is 1. The number of aliphatic hydroxyl groups excluding tert-OH is 1. The fourth-order valence-electron chi connectivity index (χ4n) is 4.23. The number of carbonyl (C=O) groups excluding carboxylic acids is 3. The van der Waals surface area contributed by atoms with Crippen molar-refractivity contribution in [3.05, 3.63) is 81.4 Å². The van der Waals surface area contributed by atoms with Gasteiger partial charge in [-0.3, -0.25) is 14.5 Å². The number of hydrogen-bond acceptors (Lipinski definition) is 8. The molecule has 1 amide bonds. The van der Waals surface area contributed by atoms with Gasteiger partial charge in [-0.15, -0.1) is 0 Å². The van der Waals surface area contributed by atoms with Crippen LogP contribution >= 0.6 is 11.3 Å². The minimum absolute atomic E-state index is 0.0663. The van der Waals surface area contributed by atoms with Crippen LogP contribution in [0.3, 0.4) is 0 Å². The van der Waals surface area contributed by atoms with Gasteiger partial charge in [-0.25, -0.2) is 9.78 Å². The number of ketones is 1. The highest BCUT2D eigenvalue weighted by Crippen LogP contribution is 2.44. The number of thiazole rings is 1. The van der Waals surface area contributed by atoms with E-state index in [2.05, 4.69) is 18.8 Å². The lowest BCUT2D eigenvalue weighted by Crippen LogP contribution is -2.29. The minimum atomic E-state index is -0.951. The second-order valence-corrected chi connectivity index (χ2v) is 9.83. The maximum absolute atomic E-state index is 13.4.